The van der Waals surface area contributed by atoms with Gasteiger partial charge in [0.15, 0.2) is 6.10 Å². The van der Waals surface area contributed by atoms with Gasteiger partial charge >= 0.3 is 17.9 Å². The van der Waals surface area contributed by atoms with Crippen molar-refractivity contribution < 1.29 is 28.6 Å². The molecule has 0 heterocycles. The van der Waals surface area contributed by atoms with E-state index in [4.69, 9.17) is 14.2 Å². The van der Waals surface area contributed by atoms with Crippen LogP contribution >= 0.6 is 0 Å². The smallest absolute Gasteiger partial charge is 0.306 e. The van der Waals surface area contributed by atoms with E-state index in [1.807, 2.05) is 0 Å². The molecule has 0 N–H and O–H groups in total. The van der Waals surface area contributed by atoms with Crippen molar-refractivity contribution in [3.63, 3.8) is 0 Å². The molecule has 6 heteroatoms. The number of ether oxygens (including phenoxy) is 3. The standard InChI is InChI=1S/C76H132O6/c1-4-7-10-13-16-19-22-25-27-29-31-33-35-37-38-40-41-43-45-47-49-51-54-57-60-63-66-69-75(78)81-72-73(71-80-74(77)68-65-62-59-56-53-24-21-18-15-12-9-6-3)82-76(79)70-67-64-61-58-55-52-50-48-46-44-42-39-36-34-32-30-28-26-23-20-17-14-11-8-5-2/h7-8,10-11,16-17,19-20,25-28,31-34,73H,4-6,9,12-15,18,21-24,29-30,35-72H2,1-3H3/b10-7-,11-8-,19-16-,20-17-,27-25-,28-26-,33-31-,34-32-. The van der Waals surface area contributed by atoms with Crippen molar-refractivity contribution in [2.75, 3.05) is 13.2 Å². The van der Waals surface area contributed by atoms with Crippen LogP contribution in [-0.4, -0.2) is 37.2 Å². The molecule has 6 nitrogen and oxygen atoms in total. The zero-order valence-corrected chi connectivity index (χ0v) is 54.2. The van der Waals surface area contributed by atoms with Gasteiger partial charge in [-0.3, -0.25) is 14.4 Å². The summed E-state index contributed by atoms with van der Waals surface area (Å²) in [5, 5.41) is 0. The predicted molar refractivity (Wildman–Crippen MR) is 357 cm³/mol. The minimum absolute atomic E-state index is 0.0735. The molecule has 0 saturated heterocycles. The fourth-order valence-electron chi connectivity index (χ4n) is 10.1. The van der Waals surface area contributed by atoms with Crippen LogP contribution in [0.5, 0.6) is 0 Å². The lowest BCUT2D eigenvalue weighted by atomic mass is 10.0. The number of carbonyl (C=O) groups is 3. The average Bonchev–Trinajstić information content (AvgIpc) is 3.47. The van der Waals surface area contributed by atoms with E-state index in [-0.39, 0.29) is 31.1 Å². The van der Waals surface area contributed by atoms with Crippen molar-refractivity contribution in [1.82, 2.24) is 0 Å². The second-order valence-electron chi connectivity index (χ2n) is 23.4. The number of allylic oxidation sites excluding steroid dienone is 16. The minimum atomic E-state index is -0.778. The van der Waals surface area contributed by atoms with Crippen molar-refractivity contribution in [3.05, 3.63) is 97.2 Å². The van der Waals surface area contributed by atoms with E-state index in [1.54, 1.807) is 0 Å². The van der Waals surface area contributed by atoms with Crippen molar-refractivity contribution >= 4 is 17.9 Å². The summed E-state index contributed by atoms with van der Waals surface area (Å²) in [6.07, 6.45) is 94.3. The molecule has 472 valence electrons. The Labute approximate surface area is 508 Å². The molecule has 0 aromatic heterocycles. The van der Waals surface area contributed by atoms with Gasteiger partial charge in [0.05, 0.1) is 0 Å². The van der Waals surface area contributed by atoms with Gasteiger partial charge in [-0.2, -0.15) is 0 Å². The molecule has 0 aliphatic carbocycles. The molecule has 1 unspecified atom stereocenters. The number of hydrogen-bond donors (Lipinski definition) is 0. The highest BCUT2D eigenvalue weighted by molar-refractivity contribution is 5.71. The third kappa shape index (κ3) is 67.1. The first kappa shape index (κ1) is 78.3. The summed E-state index contributed by atoms with van der Waals surface area (Å²) in [6.45, 7) is 6.46. The number of hydrogen-bond acceptors (Lipinski definition) is 6. The lowest BCUT2D eigenvalue weighted by Crippen LogP contribution is -2.30. The summed E-state index contributed by atoms with van der Waals surface area (Å²) in [5.74, 6) is -0.858. The van der Waals surface area contributed by atoms with Crippen LogP contribution in [0, 0.1) is 0 Å². The van der Waals surface area contributed by atoms with E-state index >= 15 is 0 Å². The van der Waals surface area contributed by atoms with Crippen molar-refractivity contribution in [2.45, 2.75) is 354 Å². The maximum Gasteiger partial charge on any atom is 0.306 e. The van der Waals surface area contributed by atoms with Crippen LogP contribution in [0.4, 0.5) is 0 Å². The van der Waals surface area contributed by atoms with Gasteiger partial charge in [0.25, 0.3) is 0 Å². The van der Waals surface area contributed by atoms with E-state index in [1.165, 1.54) is 199 Å². The second-order valence-corrected chi connectivity index (χ2v) is 23.4. The third-order valence-electron chi connectivity index (χ3n) is 15.3. The van der Waals surface area contributed by atoms with Gasteiger partial charge in [-0.05, 0) is 96.3 Å². The maximum absolute atomic E-state index is 13.0. The highest BCUT2D eigenvalue weighted by Gasteiger charge is 2.19. The van der Waals surface area contributed by atoms with Gasteiger partial charge in [-0.25, -0.2) is 0 Å². The van der Waals surface area contributed by atoms with Crippen molar-refractivity contribution in [1.29, 1.82) is 0 Å². The Morgan fingerprint density at radius 2 is 0.476 bits per heavy atom. The first-order valence-electron chi connectivity index (χ1n) is 35.2. The number of carbonyl (C=O) groups excluding carboxylic acids is 3. The van der Waals surface area contributed by atoms with Crippen LogP contribution in [0.15, 0.2) is 97.2 Å². The van der Waals surface area contributed by atoms with Crippen molar-refractivity contribution in [2.24, 2.45) is 0 Å². The summed E-state index contributed by atoms with van der Waals surface area (Å²) in [4.78, 5) is 38.4. The molecule has 0 spiro atoms. The molecule has 0 radical (unpaired) electrons. The molecule has 0 amide bonds. The van der Waals surface area contributed by atoms with Crippen LogP contribution in [0.2, 0.25) is 0 Å². The Morgan fingerprint density at radius 3 is 0.744 bits per heavy atom. The SMILES string of the molecule is CC/C=C\C/C=C\C/C=C\C/C=C\CCCCCCCCCCCCCCCCC(=O)OCC(COC(=O)CCCCCCCCCCCCCC)OC(=O)CCCCCCCCCCCCCC/C=C\C/C=C\C/C=C\C/C=C\CC. The summed E-state index contributed by atoms with van der Waals surface area (Å²) < 4.78 is 17.0. The lowest BCUT2D eigenvalue weighted by Gasteiger charge is -2.18. The number of rotatable bonds is 64. The van der Waals surface area contributed by atoms with Crippen LogP contribution in [-0.2, 0) is 28.6 Å². The molecule has 0 aliphatic rings. The maximum atomic E-state index is 13.0. The highest BCUT2D eigenvalue weighted by Crippen LogP contribution is 2.18. The Balaban J connectivity index is 4.24. The molecular weight excluding hydrogens is 1010 g/mol. The normalized spacial score (nSPS) is 12.7. The quantitative estimate of drug-likeness (QED) is 0.0261. The number of unbranched alkanes of at least 4 members (excludes halogenated alkanes) is 37. The van der Waals surface area contributed by atoms with E-state index in [0.717, 1.165) is 109 Å². The topological polar surface area (TPSA) is 78.9 Å². The Morgan fingerprint density at radius 1 is 0.256 bits per heavy atom. The van der Waals surface area contributed by atoms with Gasteiger partial charge in [0.2, 0.25) is 0 Å². The Hall–Kier alpha value is -3.67. The monoisotopic (exact) mass is 1140 g/mol. The molecule has 0 saturated carbocycles. The van der Waals surface area contributed by atoms with E-state index in [0.29, 0.717) is 19.3 Å². The fraction of sp³-hybridized carbons (Fsp3) is 0.750. The zero-order valence-electron chi connectivity index (χ0n) is 54.2. The average molecular weight is 1140 g/mol. The van der Waals surface area contributed by atoms with E-state index in [2.05, 4.69) is 118 Å². The summed E-state index contributed by atoms with van der Waals surface area (Å²) >= 11 is 0. The first-order chi connectivity index (χ1) is 40.5. The molecule has 0 bridgehead atoms. The molecule has 1 atom stereocenters. The van der Waals surface area contributed by atoms with E-state index < -0.39 is 6.10 Å². The predicted octanol–water partition coefficient (Wildman–Crippen LogP) is 24.4. The molecule has 0 aliphatic heterocycles. The lowest BCUT2D eigenvalue weighted by molar-refractivity contribution is -0.167. The highest BCUT2D eigenvalue weighted by atomic mass is 16.6. The minimum Gasteiger partial charge on any atom is -0.462 e. The molecule has 0 fully saturated rings. The zero-order chi connectivity index (χ0) is 59.2. The van der Waals surface area contributed by atoms with Crippen molar-refractivity contribution in [3.8, 4) is 0 Å². The molecule has 0 aromatic rings. The van der Waals surface area contributed by atoms with Gasteiger partial charge in [0.1, 0.15) is 13.2 Å². The first-order valence-corrected chi connectivity index (χ1v) is 35.2. The van der Waals surface area contributed by atoms with Crippen LogP contribution in [0.3, 0.4) is 0 Å². The summed E-state index contributed by atoms with van der Waals surface area (Å²) in [6, 6.07) is 0. The molecule has 0 rings (SSSR count). The Bertz CT molecular complexity index is 1590. The number of esters is 3. The van der Waals surface area contributed by atoms with Gasteiger partial charge < -0.3 is 14.2 Å². The molecule has 0 aromatic carbocycles. The summed E-state index contributed by atoms with van der Waals surface area (Å²) in [7, 11) is 0. The van der Waals surface area contributed by atoms with Gasteiger partial charge in [-0.15, -0.1) is 0 Å². The van der Waals surface area contributed by atoms with E-state index in [9.17, 15) is 14.4 Å². The summed E-state index contributed by atoms with van der Waals surface area (Å²) in [5.41, 5.74) is 0. The molecule has 82 heavy (non-hydrogen) atoms. The largest absolute Gasteiger partial charge is 0.462 e. The van der Waals surface area contributed by atoms with Crippen LogP contribution < -0.4 is 0 Å². The van der Waals surface area contributed by atoms with Gasteiger partial charge in [-0.1, -0.05) is 330 Å². The third-order valence-corrected chi connectivity index (χ3v) is 15.3. The second kappa shape index (κ2) is 69.8. The van der Waals surface area contributed by atoms with Crippen LogP contribution in [0.25, 0.3) is 0 Å². The Kier molecular flexibility index (Phi) is 66.7. The fourth-order valence-corrected chi connectivity index (χ4v) is 10.1. The van der Waals surface area contributed by atoms with Crippen LogP contribution in [0.1, 0.15) is 348 Å². The van der Waals surface area contributed by atoms with Gasteiger partial charge in [0, 0.05) is 19.3 Å². The molecular formula is C76H132O6.